The maximum Gasteiger partial charge on any atom is 0.697 e. The fourth-order valence-electron chi connectivity index (χ4n) is 6.39. The fraction of sp³-hybridized carbons (Fsp3) is 0.333. The Morgan fingerprint density at radius 3 is 1.19 bits per heavy atom. The van der Waals surface area contributed by atoms with E-state index in [0.717, 1.165) is 83.6 Å². The molecule has 26 heteroatoms. The molecule has 0 N–H and O–H groups in total. The van der Waals surface area contributed by atoms with Gasteiger partial charge in [-0.2, -0.15) is 13.5 Å². The molecule has 0 radical (unpaired) electrons. The maximum atomic E-state index is 12.6. The van der Waals surface area contributed by atoms with Gasteiger partial charge in [0.1, 0.15) is 83.3 Å². The molecule has 6 aromatic rings. The Kier molecular flexibility index (Phi) is 47.9. The van der Waals surface area contributed by atoms with Crippen LogP contribution in [0.15, 0.2) is 118 Å². The summed E-state index contributed by atoms with van der Waals surface area (Å²) < 4.78 is 95.6. The minimum atomic E-state index is -3.17. The minimum absolute atomic E-state index is 0. The molecule has 0 fully saturated rings. The van der Waals surface area contributed by atoms with Crippen molar-refractivity contribution in [1.29, 1.82) is 0 Å². The molecule has 6 rings (SSSR count). The molecule has 0 bridgehead atoms. The summed E-state index contributed by atoms with van der Waals surface area (Å²) in [6, 6.07) is 32.9. The van der Waals surface area contributed by atoms with Crippen LogP contribution in [0, 0.1) is 0 Å². The molecule has 18 nitrogen and oxygen atoms in total. The Morgan fingerprint density at radius 1 is 0.453 bits per heavy atom. The van der Waals surface area contributed by atoms with E-state index in [0.29, 0.717) is 60.6 Å². The highest BCUT2D eigenvalue weighted by Crippen LogP contribution is 2.53. The van der Waals surface area contributed by atoms with E-state index in [9.17, 15) is 18.7 Å². The van der Waals surface area contributed by atoms with Crippen LogP contribution in [-0.2, 0) is 61.1 Å². The smallest absolute Gasteiger partial charge is 0.497 e. The van der Waals surface area contributed by atoms with Gasteiger partial charge in [0.2, 0.25) is 0 Å². The minimum Gasteiger partial charge on any atom is -0.497 e. The first-order valence-corrected chi connectivity index (χ1v) is 32.3. The van der Waals surface area contributed by atoms with Gasteiger partial charge in [-0.25, -0.2) is 0 Å². The van der Waals surface area contributed by atoms with Crippen LogP contribution in [0.25, 0.3) is 12.2 Å². The van der Waals surface area contributed by atoms with Gasteiger partial charge in [-0.15, -0.1) is 9.05 Å². The number of aldehydes is 2. The lowest BCUT2D eigenvalue weighted by molar-refractivity contribution is 0.111. The maximum absolute atomic E-state index is 12.6. The van der Waals surface area contributed by atoms with Crippen molar-refractivity contribution in [1.82, 2.24) is 0 Å². The second-order valence-corrected chi connectivity index (χ2v) is 21.0. The van der Waals surface area contributed by atoms with E-state index >= 15 is 0 Å². The van der Waals surface area contributed by atoms with Gasteiger partial charge in [-0.05, 0) is 155 Å². The summed E-state index contributed by atoms with van der Waals surface area (Å²) in [4.78, 5) is 20.6. The highest BCUT2D eigenvalue weighted by Gasteiger charge is 2.27. The lowest BCUT2D eigenvalue weighted by Crippen LogP contribution is -2.01. The highest BCUT2D eigenvalue weighted by molar-refractivity contribution is 9.11. The van der Waals surface area contributed by atoms with E-state index in [1.165, 1.54) is 0 Å². The monoisotopic (exact) mass is 1480 g/mol. The van der Waals surface area contributed by atoms with Crippen LogP contribution in [-0.4, -0.2) is 110 Å². The molecule has 0 aliphatic carbocycles. The highest BCUT2D eigenvalue weighted by atomic mass is 79.9. The number of hydrogen-bond acceptors (Lipinski definition) is 20. The number of hydrogen-bond donors (Lipinski definition) is 0. The lowest BCUT2D eigenvalue weighted by atomic mass is 10.1. The van der Waals surface area contributed by atoms with Crippen LogP contribution < -0.4 is 47.4 Å². The van der Waals surface area contributed by atoms with E-state index in [1.807, 2.05) is 66.7 Å². The van der Waals surface area contributed by atoms with Crippen LogP contribution in [0.5, 0.6) is 57.5 Å². The Balaban J connectivity index is 0. The van der Waals surface area contributed by atoms with Gasteiger partial charge in [0.15, 0.2) is 0 Å². The van der Waals surface area contributed by atoms with Crippen molar-refractivity contribution in [3.8, 4) is 57.5 Å². The Morgan fingerprint density at radius 2 is 0.826 bits per heavy atom. The van der Waals surface area contributed by atoms with Crippen LogP contribution in [0.1, 0.15) is 70.7 Å². The first-order valence-electron chi connectivity index (χ1n) is 25.4. The van der Waals surface area contributed by atoms with E-state index in [4.69, 9.17) is 56.4 Å². The third-order valence-corrected chi connectivity index (χ3v) is 15.8. The van der Waals surface area contributed by atoms with Crippen molar-refractivity contribution in [2.75, 3.05) is 97.5 Å². The third-order valence-electron chi connectivity index (χ3n) is 10.4. The quantitative estimate of drug-likeness (QED) is 0.0227. The van der Waals surface area contributed by atoms with Crippen molar-refractivity contribution >= 4 is 124 Å². The van der Waals surface area contributed by atoms with Crippen LogP contribution in [0.2, 0.25) is 0 Å². The Hall–Kier alpha value is -5.20. The normalized spacial score (nSPS) is 9.83. The second kappa shape index (κ2) is 49.8. The van der Waals surface area contributed by atoms with Crippen molar-refractivity contribution in [3.05, 3.63) is 152 Å². The van der Waals surface area contributed by atoms with Crippen molar-refractivity contribution in [3.63, 3.8) is 0 Å². The second-order valence-electron chi connectivity index (χ2n) is 15.8. The molecule has 0 spiro atoms. The molecule has 0 atom stereocenters. The van der Waals surface area contributed by atoms with Gasteiger partial charge in [0.05, 0.1) is 99.4 Å². The van der Waals surface area contributed by atoms with E-state index in [2.05, 4.69) is 79.2 Å². The summed E-state index contributed by atoms with van der Waals surface area (Å²) in [7, 11) is 11.0. The van der Waals surface area contributed by atoms with Gasteiger partial charge in [0, 0.05) is 67.7 Å². The summed E-state index contributed by atoms with van der Waals surface area (Å²) in [6.07, 6.45) is 5.75. The molecule has 0 aliphatic rings. The molecule has 6 aromatic carbocycles. The number of benzene rings is 6. The van der Waals surface area contributed by atoms with E-state index < -0.39 is 15.9 Å². The summed E-state index contributed by atoms with van der Waals surface area (Å²) >= 11 is 17.7. The van der Waals surface area contributed by atoms with E-state index in [1.54, 1.807) is 153 Å². The predicted octanol–water partition coefficient (Wildman–Crippen LogP) is 16.3. The molecule has 86 heavy (non-hydrogen) atoms. The molecule has 0 unspecified atom stereocenters. The van der Waals surface area contributed by atoms with Gasteiger partial charge < -0.3 is 56.4 Å². The zero-order chi connectivity index (χ0) is 64.2. The van der Waals surface area contributed by atoms with Crippen molar-refractivity contribution in [2.45, 2.75) is 39.2 Å². The van der Waals surface area contributed by atoms with E-state index in [-0.39, 0.29) is 19.7 Å². The van der Waals surface area contributed by atoms with Gasteiger partial charge in [-0.1, -0.05) is 40.2 Å². The number of rotatable bonds is 25. The van der Waals surface area contributed by atoms with Crippen LogP contribution in [0.4, 0.5) is 0 Å². The largest absolute Gasteiger partial charge is 0.697 e. The summed E-state index contributed by atoms with van der Waals surface area (Å²) in [6.45, 7) is 8.65. The summed E-state index contributed by atoms with van der Waals surface area (Å²) in [5.74, 6) is 7.23. The number of alkyl halides is 1. The molecule has 0 saturated heterocycles. The van der Waals surface area contributed by atoms with Gasteiger partial charge >= 0.3 is 15.9 Å². The molecular weight excluding hydrogens is 1410 g/mol. The predicted molar refractivity (Wildman–Crippen MR) is 362 cm³/mol. The number of ether oxygens (including phenoxy) is 10. The van der Waals surface area contributed by atoms with Crippen LogP contribution in [0.3, 0.4) is 0 Å². The lowest BCUT2D eigenvalue weighted by Gasteiger charge is -2.19. The number of carbonyl (C=O) groups is 2. The van der Waals surface area contributed by atoms with Gasteiger partial charge in [-0.3, -0.25) is 14.2 Å². The standard InChI is InChI=1S/C17H17BrO3.C13H20BrO5P.C9H11BrO2.C9H10O3.C8H8O2.C4H10O3P.S2.H2S/c1-19-14-8-5-12(6-9-14)4-7-13-10-15(20-2)11-16(21-3)17(13)18;1-5-18-20(15,19-6-2)9-10-7-11(16-3)8-12(17-4)13(10)14;2*1-11-8-3-7(6-10)4-9(5-8)12-2;1-10-8-4-2-7(6-9)3-5-8;1-3-6-8(5)7-4-2;1-2;/h4-11H,1-3H3;7-8H,5-6,9H2,1-4H3;3-5H,6H2,1-2H3;3-6H,1-2H3;2-6H,1H3;3-4H2,1-2H3;;1H2/q;;;;;+1;;/b7-4+;;;;;;;. The van der Waals surface area contributed by atoms with Crippen molar-refractivity contribution < 1.29 is 84.2 Å². The number of methoxy groups -OCH3 is 10. The first kappa shape index (κ1) is 82.9. The van der Waals surface area contributed by atoms with Gasteiger partial charge in [0.25, 0.3) is 0 Å². The number of halogens is 3. The molecule has 0 heterocycles. The Bertz CT molecular complexity index is 2850. The molecule has 0 aliphatic heterocycles. The fourth-order valence-corrected chi connectivity index (χ4v) is 10.2. The topological polar surface area (TPSA) is 197 Å². The molecule has 474 valence electrons. The average Bonchev–Trinajstić information content (AvgIpc) is 2.36. The third kappa shape index (κ3) is 32.7. The van der Waals surface area contributed by atoms with Crippen LogP contribution >= 0.6 is 77.1 Å². The summed E-state index contributed by atoms with van der Waals surface area (Å²) in [5.41, 5.74) is 5.19. The average molecular weight is 1490 g/mol. The molecular formula is C60H78Br3O18P2S3+. The van der Waals surface area contributed by atoms with Crippen molar-refractivity contribution in [2.24, 2.45) is 0 Å². The number of carbonyl (C=O) groups excluding carboxylic acids is 2. The molecule has 0 aromatic heterocycles. The first-order chi connectivity index (χ1) is 40.9. The zero-order valence-electron chi connectivity index (χ0n) is 50.6. The summed E-state index contributed by atoms with van der Waals surface area (Å²) in [5, 5.41) is 0.806. The molecule has 0 amide bonds. The Labute approximate surface area is 550 Å². The molecule has 0 saturated carbocycles. The SMILES string of the molecule is CCOP(=O)(Cc1cc(OC)cc(OC)c1Br)OCC.CCO[P+](=O)OCC.COc1cc(C=O)cc(OC)c1.COc1cc(CBr)cc(OC)c1.COc1ccc(/C=C/c2cc(OC)cc(OC)c2Br)cc1.COc1ccc(C=O)cc1.S.S=S. The zero-order valence-corrected chi connectivity index (χ0v) is 59.8.